The van der Waals surface area contributed by atoms with Crippen molar-refractivity contribution >= 4 is 35.2 Å². The average Bonchev–Trinajstić information content (AvgIpc) is 2.94. The van der Waals surface area contributed by atoms with E-state index in [-0.39, 0.29) is 53.8 Å². The van der Waals surface area contributed by atoms with Crippen LogP contribution in [0, 0.1) is 17.7 Å². The summed E-state index contributed by atoms with van der Waals surface area (Å²) in [5.74, 6) is -3.78. The van der Waals surface area contributed by atoms with Crippen LogP contribution in [-0.4, -0.2) is 47.5 Å². The fourth-order valence-corrected chi connectivity index (χ4v) is 3.97. The van der Waals surface area contributed by atoms with Crippen LogP contribution in [0.15, 0.2) is 18.2 Å². The molecule has 0 spiro atoms. The molecule has 8 nitrogen and oxygen atoms in total. The van der Waals surface area contributed by atoms with Crippen LogP contribution in [0.5, 0.6) is 0 Å². The van der Waals surface area contributed by atoms with Crippen molar-refractivity contribution in [3.05, 3.63) is 29.6 Å². The van der Waals surface area contributed by atoms with Crippen LogP contribution in [0.25, 0.3) is 0 Å². The van der Waals surface area contributed by atoms with Gasteiger partial charge >= 0.3 is 5.97 Å². The fraction of sp³-hybridized carbons (Fsp3) is 0.476. The van der Waals surface area contributed by atoms with Crippen molar-refractivity contribution in [1.29, 1.82) is 0 Å². The molecule has 0 unspecified atom stereocenters. The van der Waals surface area contributed by atoms with Crippen LogP contribution in [0.3, 0.4) is 0 Å². The second kappa shape index (κ2) is 9.15. The topological polar surface area (TPSA) is 110 Å². The smallest absolute Gasteiger partial charge is 0.308 e. The minimum Gasteiger partial charge on any atom is -0.457 e. The molecule has 1 saturated carbocycles. The standard InChI is InChI=1S/C21H23FN2O6/c1-12(25)23-13-6-7-16(17(22)10-13)18(26)11-30-19(27)8-9-24-20(28)14-4-2-3-5-15(14)21(24)29/h6-7,10,14-15H,2-5,8-9,11H2,1H3,(H,23,25)/t14-,15-/m1/s1. The summed E-state index contributed by atoms with van der Waals surface area (Å²) in [5, 5.41) is 2.40. The molecule has 9 heteroatoms. The Bertz CT molecular complexity index is 875. The molecule has 2 atom stereocenters. The van der Waals surface area contributed by atoms with E-state index in [0.717, 1.165) is 23.8 Å². The van der Waals surface area contributed by atoms with E-state index in [9.17, 15) is 28.4 Å². The average molecular weight is 418 g/mol. The van der Waals surface area contributed by atoms with Gasteiger partial charge in [-0.1, -0.05) is 12.8 Å². The van der Waals surface area contributed by atoms with Crippen LogP contribution >= 0.6 is 0 Å². The van der Waals surface area contributed by atoms with Crippen molar-refractivity contribution in [2.45, 2.75) is 39.0 Å². The molecule has 1 N–H and O–H groups in total. The van der Waals surface area contributed by atoms with Crippen LogP contribution in [0.4, 0.5) is 10.1 Å². The van der Waals surface area contributed by atoms with Crippen molar-refractivity contribution in [3.63, 3.8) is 0 Å². The molecule has 2 aliphatic rings. The number of nitrogens with one attached hydrogen (secondary N) is 1. The molecule has 160 valence electrons. The van der Waals surface area contributed by atoms with Gasteiger partial charge in [-0.15, -0.1) is 0 Å². The molecule has 0 aromatic heterocycles. The largest absolute Gasteiger partial charge is 0.457 e. The maximum absolute atomic E-state index is 14.1. The Labute approximate surface area is 172 Å². The summed E-state index contributed by atoms with van der Waals surface area (Å²) in [5.41, 5.74) is -0.0695. The molecule has 1 aliphatic carbocycles. The quantitative estimate of drug-likeness (QED) is 0.412. The second-order valence-corrected chi connectivity index (χ2v) is 7.54. The van der Waals surface area contributed by atoms with E-state index in [1.807, 2.05) is 0 Å². The van der Waals surface area contributed by atoms with Gasteiger partial charge in [0.15, 0.2) is 6.61 Å². The Balaban J connectivity index is 1.49. The molecular formula is C21H23FN2O6. The van der Waals surface area contributed by atoms with Gasteiger partial charge < -0.3 is 10.1 Å². The van der Waals surface area contributed by atoms with Gasteiger partial charge in [0, 0.05) is 19.2 Å². The lowest BCUT2D eigenvalue weighted by molar-refractivity contribution is -0.145. The number of anilines is 1. The molecule has 1 aliphatic heterocycles. The third-order valence-electron chi connectivity index (χ3n) is 5.43. The highest BCUT2D eigenvalue weighted by Gasteiger charge is 2.47. The number of carbonyl (C=O) groups is 5. The number of ether oxygens (including phenoxy) is 1. The normalized spacial score (nSPS) is 20.7. The molecule has 1 aromatic rings. The zero-order chi connectivity index (χ0) is 21.8. The molecule has 2 fully saturated rings. The Morgan fingerprint density at radius 1 is 1.13 bits per heavy atom. The molecule has 1 aromatic carbocycles. The van der Waals surface area contributed by atoms with E-state index in [1.54, 1.807) is 0 Å². The highest BCUT2D eigenvalue weighted by atomic mass is 19.1. The summed E-state index contributed by atoms with van der Waals surface area (Å²) in [7, 11) is 0. The zero-order valence-electron chi connectivity index (χ0n) is 16.6. The lowest BCUT2D eigenvalue weighted by Gasteiger charge is -2.19. The fourth-order valence-electron chi connectivity index (χ4n) is 3.97. The Hall–Kier alpha value is -3.10. The van der Waals surface area contributed by atoms with Gasteiger partial charge in [0.25, 0.3) is 0 Å². The van der Waals surface area contributed by atoms with E-state index in [4.69, 9.17) is 4.74 Å². The Morgan fingerprint density at radius 3 is 2.33 bits per heavy atom. The monoisotopic (exact) mass is 418 g/mol. The van der Waals surface area contributed by atoms with Crippen molar-refractivity contribution in [2.24, 2.45) is 11.8 Å². The predicted molar refractivity (Wildman–Crippen MR) is 103 cm³/mol. The van der Waals surface area contributed by atoms with Gasteiger partial charge in [0.2, 0.25) is 23.5 Å². The number of likely N-dealkylation sites (tertiary alicyclic amines) is 1. The van der Waals surface area contributed by atoms with Crippen molar-refractivity contribution in [1.82, 2.24) is 4.90 Å². The number of Topliss-reactive ketones (excluding diaryl/α,β-unsaturated/α-hetero) is 1. The van der Waals surface area contributed by atoms with Gasteiger partial charge in [-0.05, 0) is 31.0 Å². The van der Waals surface area contributed by atoms with Crippen molar-refractivity contribution in [2.75, 3.05) is 18.5 Å². The molecule has 1 heterocycles. The lowest BCUT2D eigenvalue weighted by Crippen LogP contribution is -2.33. The first kappa shape index (κ1) is 21.6. The van der Waals surface area contributed by atoms with Gasteiger partial charge in [-0.25, -0.2) is 4.39 Å². The van der Waals surface area contributed by atoms with E-state index in [0.29, 0.717) is 12.8 Å². The number of nitrogens with zero attached hydrogens (tertiary/aromatic N) is 1. The Kier molecular flexibility index (Phi) is 6.59. The van der Waals surface area contributed by atoms with Crippen LogP contribution < -0.4 is 5.32 Å². The number of ketones is 1. The highest BCUT2D eigenvalue weighted by Crippen LogP contribution is 2.37. The number of amides is 3. The summed E-state index contributed by atoms with van der Waals surface area (Å²) in [6.07, 6.45) is 2.99. The van der Waals surface area contributed by atoms with Crippen LogP contribution in [0.2, 0.25) is 0 Å². The number of rotatable bonds is 7. The SMILES string of the molecule is CC(=O)Nc1ccc(C(=O)COC(=O)CCN2C(=O)[C@@H]3CCCC[C@H]3C2=O)c(F)c1. The van der Waals surface area contributed by atoms with Gasteiger partial charge in [-0.3, -0.25) is 28.9 Å². The third-order valence-corrected chi connectivity index (χ3v) is 5.43. The molecule has 1 saturated heterocycles. The van der Waals surface area contributed by atoms with Crippen LogP contribution in [0.1, 0.15) is 49.4 Å². The summed E-state index contributed by atoms with van der Waals surface area (Å²) in [4.78, 5) is 60.9. The number of hydrogen-bond donors (Lipinski definition) is 1. The number of benzene rings is 1. The lowest BCUT2D eigenvalue weighted by atomic mass is 9.81. The van der Waals surface area contributed by atoms with Crippen molar-refractivity contribution in [3.8, 4) is 0 Å². The third kappa shape index (κ3) is 4.72. The van der Waals surface area contributed by atoms with E-state index >= 15 is 0 Å². The van der Waals surface area contributed by atoms with Gasteiger partial charge in [-0.2, -0.15) is 0 Å². The first-order chi connectivity index (χ1) is 14.3. The number of hydrogen-bond acceptors (Lipinski definition) is 6. The molecular weight excluding hydrogens is 395 g/mol. The highest BCUT2D eigenvalue weighted by molar-refractivity contribution is 6.05. The number of fused-ring (bicyclic) bond motifs is 1. The maximum atomic E-state index is 14.1. The number of halogens is 1. The van der Waals surface area contributed by atoms with Crippen molar-refractivity contribution < 1.29 is 33.1 Å². The first-order valence-corrected chi connectivity index (χ1v) is 9.89. The van der Waals surface area contributed by atoms with Gasteiger partial charge in [0.1, 0.15) is 5.82 Å². The molecule has 3 amide bonds. The molecule has 3 rings (SSSR count). The molecule has 0 radical (unpaired) electrons. The number of carbonyl (C=O) groups excluding carboxylic acids is 5. The minimum absolute atomic E-state index is 0.0858. The van der Waals surface area contributed by atoms with Gasteiger partial charge in [0.05, 0.1) is 23.8 Å². The Morgan fingerprint density at radius 2 is 1.77 bits per heavy atom. The predicted octanol–water partition coefficient (Wildman–Crippen LogP) is 2.08. The van der Waals surface area contributed by atoms with Crippen LogP contribution in [-0.2, 0) is 23.9 Å². The molecule has 30 heavy (non-hydrogen) atoms. The summed E-state index contributed by atoms with van der Waals surface area (Å²) < 4.78 is 18.9. The summed E-state index contributed by atoms with van der Waals surface area (Å²) in [6.45, 7) is 0.521. The summed E-state index contributed by atoms with van der Waals surface area (Å²) in [6, 6.07) is 3.56. The first-order valence-electron chi connectivity index (χ1n) is 9.89. The van der Waals surface area contributed by atoms with E-state index in [1.165, 1.54) is 19.1 Å². The number of imide groups is 1. The summed E-state index contributed by atoms with van der Waals surface area (Å²) >= 11 is 0. The number of esters is 1. The zero-order valence-corrected chi connectivity index (χ0v) is 16.6. The molecule has 0 bridgehead atoms. The van der Waals surface area contributed by atoms with E-state index < -0.39 is 24.2 Å². The van der Waals surface area contributed by atoms with E-state index in [2.05, 4.69) is 5.32 Å². The minimum atomic E-state index is -0.849. The maximum Gasteiger partial charge on any atom is 0.308 e. The second-order valence-electron chi connectivity index (χ2n) is 7.54.